The Balaban J connectivity index is 2.70. The highest BCUT2D eigenvalue weighted by molar-refractivity contribution is 5.97. The third-order valence-corrected chi connectivity index (χ3v) is 1.43. The highest BCUT2D eigenvalue weighted by Gasteiger charge is 2.41. The summed E-state index contributed by atoms with van der Waals surface area (Å²) < 4.78 is 35.1. The van der Waals surface area contributed by atoms with Crippen molar-refractivity contribution in [2.45, 2.75) is 6.18 Å². The number of rotatable bonds is 2. The number of halogens is 3. The van der Waals surface area contributed by atoms with E-state index in [1.54, 1.807) is 0 Å². The van der Waals surface area contributed by atoms with Gasteiger partial charge < -0.3 is 10.6 Å². The normalized spacial score (nSPS) is 12.3. The summed E-state index contributed by atoms with van der Waals surface area (Å²) in [4.78, 5) is 17.5. The first kappa shape index (κ1) is 12.0. The van der Waals surface area contributed by atoms with Crippen molar-refractivity contribution in [3.63, 3.8) is 0 Å². The van der Waals surface area contributed by atoms with Gasteiger partial charge in [0, 0.05) is 18.0 Å². The summed E-state index contributed by atoms with van der Waals surface area (Å²) in [5, 5.41) is 2.86. The number of hydrogen-bond acceptors (Lipinski definition) is 4. The molecule has 0 aromatic carbocycles. The fourth-order valence-corrected chi connectivity index (χ4v) is 0.718. The molecule has 1 aromatic rings. The van der Waals surface area contributed by atoms with Crippen molar-refractivity contribution in [1.82, 2.24) is 4.98 Å². The SMILES string of the molecule is NC(=NOC(=O)C(F)(F)F)c1ccncc1. The van der Waals surface area contributed by atoms with E-state index < -0.39 is 12.1 Å². The second-order valence-electron chi connectivity index (χ2n) is 2.59. The highest BCUT2D eigenvalue weighted by atomic mass is 19.4. The summed E-state index contributed by atoms with van der Waals surface area (Å²) in [7, 11) is 0. The van der Waals surface area contributed by atoms with Crippen LogP contribution in [0.4, 0.5) is 13.2 Å². The van der Waals surface area contributed by atoms with Gasteiger partial charge in [0.15, 0.2) is 5.84 Å². The highest BCUT2D eigenvalue weighted by Crippen LogP contribution is 2.16. The maximum absolute atomic E-state index is 11.7. The van der Waals surface area contributed by atoms with Crippen molar-refractivity contribution in [2.75, 3.05) is 0 Å². The molecule has 0 aliphatic carbocycles. The van der Waals surface area contributed by atoms with E-state index in [4.69, 9.17) is 5.73 Å². The van der Waals surface area contributed by atoms with Crippen molar-refractivity contribution in [3.8, 4) is 0 Å². The van der Waals surface area contributed by atoms with Gasteiger partial charge in [0.25, 0.3) is 0 Å². The molecule has 0 unspecified atom stereocenters. The largest absolute Gasteiger partial charge is 0.493 e. The first-order chi connectivity index (χ1) is 7.41. The lowest BCUT2D eigenvalue weighted by molar-refractivity contribution is -0.199. The topological polar surface area (TPSA) is 77.6 Å². The number of amidine groups is 1. The van der Waals surface area contributed by atoms with Crippen LogP contribution < -0.4 is 5.73 Å². The van der Waals surface area contributed by atoms with E-state index in [0.29, 0.717) is 5.56 Å². The molecule has 2 N–H and O–H groups in total. The van der Waals surface area contributed by atoms with Crippen molar-refractivity contribution in [1.29, 1.82) is 0 Å². The van der Waals surface area contributed by atoms with Gasteiger partial charge in [-0.3, -0.25) is 4.98 Å². The van der Waals surface area contributed by atoms with Crippen LogP contribution in [0.2, 0.25) is 0 Å². The Morgan fingerprint density at radius 3 is 2.44 bits per heavy atom. The maximum Gasteiger partial charge on any atom is 0.493 e. The smallest absolute Gasteiger partial charge is 0.380 e. The van der Waals surface area contributed by atoms with Crippen molar-refractivity contribution >= 4 is 11.8 Å². The van der Waals surface area contributed by atoms with Gasteiger partial charge in [-0.1, -0.05) is 5.16 Å². The molecule has 0 radical (unpaired) electrons. The van der Waals surface area contributed by atoms with Crippen LogP contribution in [0.3, 0.4) is 0 Å². The zero-order chi connectivity index (χ0) is 12.2. The zero-order valence-electron chi connectivity index (χ0n) is 7.73. The number of carbonyl (C=O) groups is 1. The Morgan fingerprint density at radius 2 is 1.94 bits per heavy atom. The predicted octanol–water partition coefficient (Wildman–Crippen LogP) is 0.807. The molecule has 16 heavy (non-hydrogen) atoms. The summed E-state index contributed by atoms with van der Waals surface area (Å²) in [6.45, 7) is 0. The molecular formula is C8H6F3N3O2. The fourth-order valence-electron chi connectivity index (χ4n) is 0.718. The van der Waals surface area contributed by atoms with E-state index in [0.717, 1.165) is 0 Å². The van der Waals surface area contributed by atoms with Crippen LogP contribution in [0, 0.1) is 0 Å². The lowest BCUT2D eigenvalue weighted by atomic mass is 10.2. The van der Waals surface area contributed by atoms with Gasteiger partial charge in [-0.05, 0) is 12.1 Å². The Hall–Kier alpha value is -2.12. The molecule has 8 heteroatoms. The molecule has 1 rings (SSSR count). The minimum atomic E-state index is -5.10. The summed E-state index contributed by atoms with van der Waals surface area (Å²) in [6, 6.07) is 2.81. The van der Waals surface area contributed by atoms with E-state index in [-0.39, 0.29) is 5.84 Å². The van der Waals surface area contributed by atoms with Crippen molar-refractivity contribution in [2.24, 2.45) is 10.9 Å². The van der Waals surface area contributed by atoms with Crippen LogP contribution in [0.15, 0.2) is 29.7 Å². The minimum absolute atomic E-state index is 0.296. The molecule has 1 heterocycles. The molecule has 0 atom stereocenters. The maximum atomic E-state index is 11.7. The third kappa shape index (κ3) is 3.23. The van der Waals surface area contributed by atoms with Crippen molar-refractivity contribution < 1.29 is 22.8 Å². The summed E-state index contributed by atoms with van der Waals surface area (Å²) in [6.07, 6.45) is -2.37. The predicted molar refractivity (Wildman–Crippen MR) is 47.1 cm³/mol. The van der Waals surface area contributed by atoms with Gasteiger partial charge in [0.1, 0.15) is 0 Å². The molecule has 86 valence electrons. The Bertz CT molecular complexity index is 403. The van der Waals surface area contributed by atoms with Gasteiger partial charge in [-0.25, -0.2) is 4.79 Å². The van der Waals surface area contributed by atoms with Crippen LogP contribution in [-0.2, 0) is 9.63 Å². The number of aromatic nitrogens is 1. The van der Waals surface area contributed by atoms with Crippen LogP contribution in [0.5, 0.6) is 0 Å². The van der Waals surface area contributed by atoms with Gasteiger partial charge in [-0.2, -0.15) is 13.2 Å². The number of pyridine rings is 1. The van der Waals surface area contributed by atoms with Gasteiger partial charge in [0.2, 0.25) is 0 Å². The Kier molecular flexibility index (Phi) is 3.44. The number of oxime groups is 1. The molecule has 0 fully saturated rings. The van der Waals surface area contributed by atoms with Gasteiger partial charge >= 0.3 is 12.1 Å². The monoisotopic (exact) mass is 233 g/mol. The average molecular weight is 233 g/mol. The van der Waals surface area contributed by atoms with Gasteiger partial charge in [0.05, 0.1) is 0 Å². The van der Waals surface area contributed by atoms with E-state index >= 15 is 0 Å². The van der Waals surface area contributed by atoms with E-state index in [2.05, 4.69) is 15.0 Å². The fraction of sp³-hybridized carbons (Fsp3) is 0.125. The second kappa shape index (κ2) is 4.60. The van der Waals surface area contributed by atoms with E-state index in [1.807, 2.05) is 0 Å². The standard InChI is InChI=1S/C8H6F3N3O2/c9-8(10,11)7(15)16-14-6(12)5-1-3-13-4-2-5/h1-4H,(H2,12,14). The molecule has 1 aromatic heterocycles. The summed E-state index contributed by atoms with van der Waals surface area (Å²) >= 11 is 0. The summed E-state index contributed by atoms with van der Waals surface area (Å²) in [5.74, 6) is -2.77. The molecule has 0 amide bonds. The molecule has 0 bridgehead atoms. The Morgan fingerprint density at radius 1 is 1.38 bits per heavy atom. The molecule has 0 spiro atoms. The lowest BCUT2D eigenvalue weighted by Gasteiger charge is -2.02. The number of nitrogens with two attached hydrogens (primary N) is 1. The molecular weight excluding hydrogens is 227 g/mol. The molecule has 0 aliphatic rings. The van der Waals surface area contributed by atoms with Crippen LogP contribution in [0.25, 0.3) is 0 Å². The zero-order valence-corrected chi connectivity index (χ0v) is 7.73. The quantitative estimate of drug-likeness (QED) is 0.355. The van der Waals surface area contributed by atoms with Crippen molar-refractivity contribution in [3.05, 3.63) is 30.1 Å². The van der Waals surface area contributed by atoms with Crippen LogP contribution >= 0.6 is 0 Å². The first-order valence-electron chi connectivity index (χ1n) is 3.93. The van der Waals surface area contributed by atoms with Gasteiger partial charge in [-0.15, -0.1) is 0 Å². The average Bonchev–Trinajstić information content (AvgIpc) is 2.25. The Labute approximate surface area is 87.7 Å². The molecule has 5 nitrogen and oxygen atoms in total. The number of nitrogens with zero attached hydrogens (tertiary/aromatic N) is 2. The second-order valence-corrected chi connectivity index (χ2v) is 2.59. The van der Waals surface area contributed by atoms with E-state index in [1.165, 1.54) is 24.5 Å². The van der Waals surface area contributed by atoms with Crippen LogP contribution in [0.1, 0.15) is 5.56 Å². The number of hydrogen-bond donors (Lipinski definition) is 1. The number of carbonyl (C=O) groups excluding carboxylic acids is 1. The minimum Gasteiger partial charge on any atom is -0.380 e. The van der Waals surface area contributed by atoms with E-state index in [9.17, 15) is 18.0 Å². The third-order valence-electron chi connectivity index (χ3n) is 1.43. The molecule has 0 saturated carbocycles. The van der Waals surface area contributed by atoms with Crippen LogP contribution in [-0.4, -0.2) is 23.0 Å². The first-order valence-corrected chi connectivity index (χ1v) is 3.93. The molecule has 0 saturated heterocycles. The molecule has 0 aliphatic heterocycles. The lowest BCUT2D eigenvalue weighted by Crippen LogP contribution is -2.25. The summed E-state index contributed by atoms with van der Waals surface area (Å²) in [5.41, 5.74) is 5.56. The number of alkyl halides is 3.